The van der Waals surface area contributed by atoms with Crippen molar-refractivity contribution in [3.8, 4) is 0 Å². The van der Waals surface area contributed by atoms with Crippen LogP contribution in [0, 0.1) is 0 Å². The van der Waals surface area contributed by atoms with E-state index >= 15 is 0 Å². The smallest absolute Gasteiger partial charge is 0.217 e. The second-order valence-corrected chi connectivity index (χ2v) is 4.73. The number of halogens is 1. The molecule has 0 heterocycles. The summed E-state index contributed by atoms with van der Waals surface area (Å²) in [6.07, 6.45) is 0. The molecule has 0 aromatic carbocycles. The van der Waals surface area contributed by atoms with Crippen LogP contribution in [0.25, 0.3) is 0 Å². The Hall–Kier alpha value is -0.560. The zero-order valence-corrected chi connectivity index (χ0v) is 10.0. The van der Waals surface area contributed by atoms with Crippen LogP contribution < -0.4 is 5.32 Å². The van der Waals surface area contributed by atoms with Crippen LogP contribution in [-0.4, -0.2) is 33.9 Å². The number of rotatable bonds is 5. The topological polar surface area (TPSA) is 63.2 Å². The molecule has 4 nitrogen and oxygen atoms in total. The van der Waals surface area contributed by atoms with Crippen molar-refractivity contribution < 1.29 is 18.8 Å². The second kappa shape index (κ2) is 7.70. The largest absolute Gasteiger partial charge is 0.345 e. The Labute approximate surface area is 95.7 Å². The van der Waals surface area contributed by atoms with Crippen LogP contribution in [0.4, 0.5) is 4.39 Å². The Morgan fingerprint density at radius 1 is 1.27 bits per heavy atom. The molecule has 1 N–H and O–H groups in total. The third-order valence-corrected chi connectivity index (χ3v) is 2.90. The van der Waals surface area contributed by atoms with Gasteiger partial charge in [0.2, 0.25) is 11.0 Å². The maximum Gasteiger partial charge on any atom is 0.217 e. The van der Waals surface area contributed by atoms with E-state index in [1.54, 1.807) is 0 Å². The normalized spacial score (nSPS) is 11.9. The van der Waals surface area contributed by atoms with E-state index in [0.717, 1.165) is 11.8 Å². The minimum atomic E-state index is -0.834. The lowest BCUT2D eigenvalue weighted by Gasteiger charge is -2.13. The zero-order valence-electron chi connectivity index (χ0n) is 8.41. The first-order valence-electron chi connectivity index (χ1n) is 4.10. The summed E-state index contributed by atoms with van der Waals surface area (Å²) in [7, 11) is 0. The summed E-state index contributed by atoms with van der Waals surface area (Å²) in [5, 5.41) is 1.75. The molecule has 0 aliphatic carbocycles. The average Bonchev–Trinajstić information content (AvgIpc) is 2.11. The van der Waals surface area contributed by atoms with Crippen molar-refractivity contribution in [3.63, 3.8) is 0 Å². The molecular weight excluding hydrogens is 241 g/mol. The maximum atomic E-state index is 11.9. The standard InChI is InChI=1S/C8H12FNO3S2/c1-5(11)10-7(3-14-6(2)12)8(13)15-4-9/h7H,3-4H2,1-2H3,(H,10,11). The molecule has 86 valence electrons. The van der Waals surface area contributed by atoms with Crippen molar-refractivity contribution in [3.05, 3.63) is 0 Å². The van der Waals surface area contributed by atoms with Crippen LogP contribution >= 0.6 is 23.5 Å². The maximum absolute atomic E-state index is 11.9. The first kappa shape index (κ1) is 14.4. The molecular formula is C8H12FNO3S2. The van der Waals surface area contributed by atoms with Crippen LogP contribution in [0.5, 0.6) is 0 Å². The summed E-state index contributed by atoms with van der Waals surface area (Å²) in [5.41, 5.74) is 0. The lowest BCUT2D eigenvalue weighted by molar-refractivity contribution is -0.122. The molecule has 0 aliphatic heterocycles. The third kappa shape index (κ3) is 7.38. The molecule has 0 aromatic rings. The van der Waals surface area contributed by atoms with Gasteiger partial charge >= 0.3 is 0 Å². The molecule has 0 bridgehead atoms. The molecule has 0 radical (unpaired) electrons. The molecule has 1 amide bonds. The fourth-order valence-corrected chi connectivity index (χ4v) is 1.96. The highest BCUT2D eigenvalue weighted by atomic mass is 32.2. The minimum Gasteiger partial charge on any atom is -0.345 e. The van der Waals surface area contributed by atoms with Gasteiger partial charge in [0.1, 0.15) is 12.0 Å². The molecule has 0 saturated carbocycles. The lowest BCUT2D eigenvalue weighted by Crippen LogP contribution is -2.40. The predicted octanol–water partition coefficient (Wildman–Crippen LogP) is 0.958. The first-order valence-corrected chi connectivity index (χ1v) is 6.07. The van der Waals surface area contributed by atoms with Crippen LogP contribution in [0.15, 0.2) is 0 Å². The van der Waals surface area contributed by atoms with Crippen molar-refractivity contribution in [1.82, 2.24) is 5.32 Å². The Kier molecular flexibility index (Phi) is 7.41. The van der Waals surface area contributed by atoms with Crippen LogP contribution in [0.1, 0.15) is 13.8 Å². The van der Waals surface area contributed by atoms with E-state index in [2.05, 4.69) is 5.32 Å². The van der Waals surface area contributed by atoms with E-state index in [1.165, 1.54) is 13.8 Å². The molecule has 0 spiro atoms. The quantitative estimate of drug-likeness (QED) is 0.790. The number of carbonyl (C=O) groups excluding carboxylic acids is 3. The molecule has 0 saturated heterocycles. The SMILES string of the molecule is CC(=O)NC(CSC(C)=O)C(=O)SCF. The fourth-order valence-electron chi connectivity index (χ4n) is 0.769. The molecule has 7 heteroatoms. The molecule has 0 aliphatic rings. The third-order valence-electron chi connectivity index (χ3n) is 1.31. The molecule has 1 unspecified atom stereocenters. The van der Waals surface area contributed by atoms with Crippen molar-refractivity contribution in [2.24, 2.45) is 0 Å². The molecule has 0 fully saturated rings. The van der Waals surface area contributed by atoms with Crippen LogP contribution in [0.2, 0.25) is 0 Å². The van der Waals surface area contributed by atoms with Gasteiger partial charge in [-0.25, -0.2) is 4.39 Å². The molecule has 0 aromatic heterocycles. The summed E-state index contributed by atoms with van der Waals surface area (Å²) >= 11 is 1.41. The summed E-state index contributed by atoms with van der Waals surface area (Å²) in [6, 6.07) is -1.64. The molecule has 1 atom stereocenters. The molecule has 0 rings (SSSR count). The Balaban J connectivity index is 4.23. The van der Waals surface area contributed by atoms with Crippen molar-refractivity contribution in [2.75, 3.05) is 11.8 Å². The number of thioether (sulfide) groups is 2. The summed E-state index contributed by atoms with van der Waals surface area (Å²) in [5.74, 6) is -0.238. The van der Waals surface area contributed by atoms with Gasteiger partial charge in [0.15, 0.2) is 5.12 Å². The van der Waals surface area contributed by atoms with Gasteiger partial charge in [0.25, 0.3) is 0 Å². The van der Waals surface area contributed by atoms with E-state index in [-0.39, 0.29) is 16.8 Å². The highest BCUT2D eigenvalue weighted by Crippen LogP contribution is 2.11. The number of alkyl halides is 1. The first-order chi connectivity index (χ1) is 6.97. The van der Waals surface area contributed by atoms with Crippen LogP contribution in [-0.2, 0) is 14.4 Å². The number of nitrogens with one attached hydrogen (secondary N) is 1. The second-order valence-electron chi connectivity index (χ2n) is 2.63. The van der Waals surface area contributed by atoms with Gasteiger partial charge in [-0.3, -0.25) is 14.4 Å². The summed E-state index contributed by atoms with van der Waals surface area (Å²) < 4.78 is 11.9. The van der Waals surface area contributed by atoms with Gasteiger partial charge in [-0.05, 0) is 0 Å². The van der Waals surface area contributed by atoms with E-state index in [4.69, 9.17) is 0 Å². The minimum absolute atomic E-state index is 0.140. The van der Waals surface area contributed by atoms with Gasteiger partial charge in [-0.15, -0.1) is 0 Å². The van der Waals surface area contributed by atoms with Crippen molar-refractivity contribution >= 4 is 39.7 Å². The number of hydrogen-bond acceptors (Lipinski definition) is 5. The predicted molar refractivity (Wildman–Crippen MR) is 59.3 cm³/mol. The van der Waals surface area contributed by atoms with Gasteiger partial charge in [-0.2, -0.15) is 0 Å². The van der Waals surface area contributed by atoms with E-state index in [0.29, 0.717) is 11.8 Å². The van der Waals surface area contributed by atoms with E-state index < -0.39 is 17.2 Å². The van der Waals surface area contributed by atoms with Gasteiger partial charge in [-0.1, -0.05) is 23.5 Å². The van der Waals surface area contributed by atoms with Crippen molar-refractivity contribution in [1.29, 1.82) is 0 Å². The Morgan fingerprint density at radius 3 is 2.27 bits per heavy atom. The van der Waals surface area contributed by atoms with Crippen molar-refractivity contribution in [2.45, 2.75) is 19.9 Å². The summed E-state index contributed by atoms with van der Waals surface area (Å²) in [4.78, 5) is 32.7. The van der Waals surface area contributed by atoms with Gasteiger partial charge in [0.05, 0.1) is 0 Å². The number of amides is 1. The van der Waals surface area contributed by atoms with Crippen LogP contribution in [0.3, 0.4) is 0 Å². The van der Waals surface area contributed by atoms with Gasteiger partial charge in [0, 0.05) is 19.6 Å². The van der Waals surface area contributed by atoms with E-state index in [1.807, 2.05) is 0 Å². The fraction of sp³-hybridized carbons (Fsp3) is 0.625. The zero-order chi connectivity index (χ0) is 11.8. The molecule has 15 heavy (non-hydrogen) atoms. The number of carbonyl (C=O) groups is 3. The van der Waals surface area contributed by atoms with Gasteiger partial charge < -0.3 is 5.32 Å². The highest BCUT2D eigenvalue weighted by Gasteiger charge is 2.20. The Morgan fingerprint density at radius 2 is 1.87 bits per heavy atom. The summed E-state index contributed by atoms with van der Waals surface area (Å²) in [6.45, 7) is 2.63. The highest BCUT2D eigenvalue weighted by molar-refractivity contribution is 8.14. The lowest BCUT2D eigenvalue weighted by atomic mass is 10.4. The monoisotopic (exact) mass is 253 g/mol. The average molecular weight is 253 g/mol. The van der Waals surface area contributed by atoms with E-state index in [9.17, 15) is 18.8 Å². The number of hydrogen-bond donors (Lipinski definition) is 1. The Bertz CT molecular complexity index is 260.